The Hall–Kier alpha value is -4.69. The minimum atomic E-state index is -1.20. The Labute approximate surface area is 344 Å². The largest absolute Gasteiger partial charge is 0.460 e. The number of fused-ring (bicyclic) bond motifs is 2. The minimum Gasteiger partial charge on any atom is -0.460 e. The van der Waals surface area contributed by atoms with Gasteiger partial charge in [0.25, 0.3) is 5.69 Å². The van der Waals surface area contributed by atoms with E-state index in [2.05, 4.69) is 18.0 Å². The number of hydrogen-bond acceptors (Lipinski definition) is 11. The molecule has 0 saturated heterocycles. The summed E-state index contributed by atoms with van der Waals surface area (Å²) in [7, 11) is 0. The fourth-order valence-corrected chi connectivity index (χ4v) is 9.75. The number of benzene rings is 3. The van der Waals surface area contributed by atoms with Gasteiger partial charge in [0.05, 0.1) is 34.5 Å². The van der Waals surface area contributed by atoms with Gasteiger partial charge in [0.1, 0.15) is 22.8 Å². The third-order valence-electron chi connectivity index (χ3n) is 10.8. The lowest BCUT2D eigenvalue weighted by Crippen LogP contribution is -2.64. The lowest BCUT2D eigenvalue weighted by molar-refractivity contribution is -0.384. The monoisotopic (exact) mass is 813 g/mol. The first kappa shape index (κ1) is 42.9. The number of carbonyl (C=O) groups is 1. The van der Waals surface area contributed by atoms with Crippen LogP contribution in [-0.4, -0.2) is 63.2 Å². The molecule has 1 amide bonds. The Balaban J connectivity index is 1.55. The number of hydrogen-bond donors (Lipinski definition) is 3. The molecule has 3 aliphatic rings. The molecule has 1 fully saturated rings. The molecule has 1 heterocycles. The third-order valence-corrected chi connectivity index (χ3v) is 12.1. The molecule has 0 unspecified atom stereocenters. The van der Waals surface area contributed by atoms with Crippen molar-refractivity contribution in [1.29, 1.82) is 0 Å². The van der Waals surface area contributed by atoms with Crippen LogP contribution in [0.1, 0.15) is 84.1 Å². The molecule has 0 aromatic heterocycles. The summed E-state index contributed by atoms with van der Waals surface area (Å²) in [6.45, 7) is 11.8. The van der Waals surface area contributed by atoms with Crippen molar-refractivity contribution in [3.8, 4) is 17.2 Å². The Kier molecular flexibility index (Phi) is 14.0. The van der Waals surface area contributed by atoms with Crippen molar-refractivity contribution in [2.75, 3.05) is 25.1 Å². The Morgan fingerprint density at radius 3 is 2.45 bits per heavy atom. The molecule has 6 atom stereocenters. The van der Waals surface area contributed by atoms with E-state index < -0.39 is 16.3 Å². The molecule has 0 spiro atoms. The maximum absolute atomic E-state index is 11.8. The molecule has 3 aromatic carbocycles. The highest BCUT2D eigenvalue weighted by atomic mass is 32.2. The smallest absolute Gasteiger partial charge is 0.273 e. The maximum atomic E-state index is 11.8. The number of nitrogens with one attached hydrogen (secondary N) is 1. The number of oxime groups is 1. The highest BCUT2D eigenvalue weighted by molar-refractivity contribution is 8.00. The lowest BCUT2D eigenvalue weighted by Gasteiger charge is -2.58. The summed E-state index contributed by atoms with van der Waals surface area (Å²) in [5.74, 6) is -0.224. The molecule has 13 heteroatoms. The number of rotatable bonds is 18. The molecule has 2 aliphatic carbocycles. The molecule has 0 radical (unpaired) electrons. The van der Waals surface area contributed by atoms with Crippen LogP contribution < -0.4 is 14.8 Å². The van der Waals surface area contributed by atoms with E-state index >= 15 is 0 Å². The summed E-state index contributed by atoms with van der Waals surface area (Å²) in [5, 5.41) is 38.7. The second-order valence-electron chi connectivity index (χ2n) is 16.1. The van der Waals surface area contributed by atoms with E-state index in [0.717, 1.165) is 47.4 Å². The number of nitrogens with zero attached hydrogens (tertiary/aromatic N) is 2. The molecular weight excluding hydrogens is 759 g/mol. The summed E-state index contributed by atoms with van der Waals surface area (Å²) in [6, 6.07) is 19.5. The van der Waals surface area contributed by atoms with E-state index in [4.69, 9.17) is 24.2 Å². The van der Waals surface area contributed by atoms with Gasteiger partial charge in [-0.05, 0) is 112 Å². The second kappa shape index (κ2) is 18.9. The van der Waals surface area contributed by atoms with E-state index in [1.165, 1.54) is 19.1 Å². The topological polar surface area (TPSA) is 162 Å². The number of amides is 1. The lowest BCUT2D eigenvalue weighted by atomic mass is 9.56. The van der Waals surface area contributed by atoms with E-state index in [1.54, 1.807) is 30.0 Å². The molecule has 1 saturated carbocycles. The summed E-state index contributed by atoms with van der Waals surface area (Å²) >= 11 is 1.63. The summed E-state index contributed by atoms with van der Waals surface area (Å²) in [4.78, 5) is 30.1. The van der Waals surface area contributed by atoms with Crippen LogP contribution in [0.3, 0.4) is 0 Å². The number of anilines is 1. The van der Waals surface area contributed by atoms with Gasteiger partial charge >= 0.3 is 0 Å². The average molecular weight is 814 g/mol. The Morgan fingerprint density at radius 2 is 1.78 bits per heavy atom. The molecule has 3 aromatic rings. The molecule has 0 bridgehead atoms. The number of nitro groups is 1. The fraction of sp³-hybridized carbons (Fsp3) is 0.467. The molecule has 1 aliphatic heterocycles. The molecular formula is C45H55N3O9S. The van der Waals surface area contributed by atoms with Gasteiger partial charge in [0.2, 0.25) is 11.7 Å². The van der Waals surface area contributed by atoms with Gasteiger partial charge in [0, 0.05) is 54.7 Å². The van der Waals surface area contributed by atoms with Crippen LogP contribution in [0.25, 0.3) is 0 Å². The minimum absolute atomic E-state index is 0.0699. The highest BCUT2D eigenvalue weighted by Crippen LogP contribution is 2.63. The van der Waals surface area contributed by atoms with Crippen LogP contribution in [0.15, 0.2) is 101 Å². The standard InChI is InChI=1S/C45H55N3O9S/c1-6-24-54-45-41(58-35-19-16-31(17-20-35)46-29(2)51)28-39(47-57-44(3,4)5)37-25-30(12-7-9-22-49)36(15-8-10-23-50)42(43(37)45)38-27-34(18-21-40(38)56-45)55-33-14-11-13-32(26-33)48(52)53/h6,11,13-14,16-21,25-27,30,36,41-43,49-50H,1,7-10,12,15,22-24,28H2,2-5H3,(H,46,51)/t30-,36+,41-,42+,43+,45+/m0/s1. The van der Waals surface area contributed by atoms with Crippen LogP contribution in [0.4, 0.5) is 11.4 Å². The average Bonchev–Trinajstić information content (AvgIpc) is 3.18. The van der Waals surface area contributed by atoms with Crippen molar-refractivity contribution < 1.29 is 39.0 Å². The number of allylic oxidation sites excluding steroid dienone is 1. The predicted molar refractivity (Wildman–Crippen MR) is 226 cm³/mol. The van der Waals surface area contributed by atoms with E-state index in [1.807, 2.05) is 63.2 Å². The number of ether oxygens (including phenoxy) is 3. The zero-order valence-corrected chi connectivity index (χ0v) is 34.5. The van der Waals surface area contributed by atoms with Crippen LogP contribution in [0, 0.1) is 27.9 Å². The number of carbonyl (C=O) groups excluding carboxylic acids is 1. The number of unbranched alkanes of at least 4 members (excludes halogenated alkanes) is 2. The van der Waals surface area contributed by atoms with E-state index in [0.29, 0.717) is 42.2 Å². The van der Waals surface area contributed by atoms with Crippen molar-refractivity contribution in [3.63, 3.8) is 0 Å². The Bertz CT molecular complexity index is 2000. The van der Waals surface area contributed by atoms with E-state index in [-0.39, 0.29) is 60.3 Å². The van der Waals surface area contributed by atoms with Crippen molar-refractivity contribution in [3.05, 3.63) is 107 Å². The van der Waals surface area contributed by atoms with Crippen molar-refractivity contribution in [1.82, 2.24) is 0 Å². The second-order valence-corrected chi connectivity index (χ2v) is 17.4. The van der Waals surface area contributed by atoms with Crippen LogP contribution in [-0.2, 0) is 14.4 Å². The SMILES string of the molecule is C=CCO[C@@]12Oc3ccc(Oc4cccc([N+](=O)[O-])c4)cc3[C@H]3[C@H](CCCCO)[C@@H](CCCCO)C=C(C(=NOC(C)(C)C)C[C@@H]1Sc1ccc(NC(C)=O)cc1)[C@H]32. The van der Waals surface area contributed by atoms with Crippen LogP contribution >= 0.6 is 11.8 Å². The van der Waals surface area contributed by atoms with Crippen LogP contribution in [0.5, 0.6) is 17.2 Å². The fourth-order valence-electron chi connectivity index (χ4n) is 8.46. The summed E-state index contributed by atoms with van der Waals surface area (Å²) < 4.78 is 20.6. The van der Waals surface area contributed by atoms with Crippen molar-refractivity contribution in [2.45, 2.75) is 100 Å². The first-order chi connectivity index (χ1) is 27.8. The molecule has 58 heavy (non-hydrogen) atoms. The maximum Gasteiger partial charge on any atom is 0.273 e. The van der Waals surface area contributed by atoms with Gasteiger partial charge in [0.15, 0.2) is 0 Å². The number of aliphatic hydroxyl groups is 2. The number of non-ortho nitro benzene ring substituents is 1. The van der Waals surface area contributed by atoms with Gasteiger partial charge in [-0.3, -0.25) is 14.9 Å². The van der Waals surface area contributed by atoms with Crippen LogP contribution in [0.2, 0.25) is 0 Å². The zero-order valence-electron chi connectivity index (χ0n) is 33.7. The predicted octanol–water partition coefficient (Wildman–Crippen LogP) is 9.57. The molecule has 12 nitrogen and oxygen atoms in total. The molecule has 6 rings (SSSR count). The number of aliphatic hydroxyl groups excluding tert-OH is 2. The number of thioether (sulfide) groups is 1. The van der Waals surface area contributed by atoms with Crippen molar-refractivity contribution in [2.24, 2.45) is 22.9 Å². The quantitative estimate of drug-likeness (QED) is 0.0488. The van der Waals surface area contributed by atoms with E-state index in [9.17, 15) is 25.1 Å². The number of nitro benzene ring substituents is 1. The first-order valence-electron chi connectivity index (χ1n) is 20.1. The molecule has 3 N–H and O–H groups in total. The third kappa shape index (κ3) is 9.94. The Morgan fingerprint density at radius 1 is 1.05 bits per heavy atom. The van der Waals surface area contributed by atoms with Crippen molar-refractivity contribution >= 4 is 34.8 Å². The van der Waals surface area contributed by atoms with Gasteiger partial charge in [-0.1, -0.05) is 36.2 Å². The first-order valence-corrected chi connectivity index (χ1v) is 21.0. The van der Waals surface area contributed by atoms with Gasteiger partial charge < -0.3 is 34.6 Å². The molecule has 310 valence electrons. The highest BCUT2D eigenvalue weighted by Gasteiger charge is 2.64. The normalized spacial score (nSPS) is 24.1. The van der Waals surface area contributed by atoms with Gasteiger partial charge in [-0.2, -0.15) is 0 Å². The van der Waals surface area contributed by atoms with Gasteiger partial charge in [-0.15, -0.1) is 18.3 Å². The van der Waals surface area contributed by atoms with Gasteiger partial charge in [-0.25, -0.2) is 0 Å². The summed E-state index contributed by atoms with van der Waals surface area (Å²) in [6.07, 6.45) is 9.16. The summed E-state index contributed by atoms with van der Waals surface area (Å²) in [5.41, 5.74) is 2.81. The zero-order chi connectivity index (χ0) is 41.5.